The van der Waals surface area contributed by atoms with Crippen LogP contribution in [-0.4, -0.2) is 17.6 Å². The maximum Gasteiger partial charge on any atom is 0.417 e. The SMILES string of the molecule is O=c1[nH]c2cc(C(F)(F)C3CCCN3)ccc2o1. The van der Waals surface area contributed by atoms with Gasteiger partial charge in [-0.05, 0) is 37.6 Å². The Bertz CT molecular complexity index is 626. The molecule has 0 spiro atoms. The third kappa shape index (κ3) is 1.73. The number of fused-ring (bicyclic) bond motifs is 1. The van der Waals surface area contributed by atoms with E-state index in [-0.39, 0.29) is 5.56 Å². The molecule has 18 heavy (non-hydrogen) atoms. The Kier molecular flexibility index (Phi) is 2.48. The smallest absolute Gasteiger partial charge is 0.408 e. The molecule has 6 heteroatoms. The lowest BCUT2D eigenvalue weighted by atomic mass is 9.99. The molecule has 1 aliphatic heterocycles. The third-order valence-electron chi connectivity index (χ3n) is 3.30. The van der Waals surface area contributed by atoms with Crippen LogP contribution in [0, 0.1) is 0 Å². The predicted molar refractivity (Wildman–Crippen MR) is 61.8 cm³/mol. The average molecular weight is 254 g/mol. The lowest BCUT2D eigenvalue weighted by Gasteiger charge is -2.23. The van der Waals surface area contributed by atoms with Crippen LogP contribution in [0.3, 0.4) is 0 Å². The fraction of sp³-hybridized carbons (Fsp3) is 0.417. The summed E-state index contributed by atoms with van der Waals surface area (Å²) in [5.41, 5.74) is 0.487. The third-order valence-corrected chi connectivity index (χ3v) is 3.30. The van der Waals surface area contributed by atoms with Gasteiger partial charge in [0.2, 0.25) is 0 Å². The minimum Gasteiger partial charge on any atom is -0.408 e. The molecule has 1 fully saturated rings. The molecule has 0 radical (unpaired) electrons. The number of H-pyrrole nitrogens is 1. The molecule has 1 aliphatic rings. The summed E-state index contributed by atoms with van der Waals surface area (Å²) >= 11 is 0. The number of benzene rings is 1. The van der Waals surface area contributed by atoms with Crippen LogP contribution in [0.25, 0.3) is 11.1 Å². The normalized spacial score (nSPS) is 20.7. The van der Waals surface area contributed by atoms with Crippen LogP contribution in [0.5, 0.6) is 0 Å². The number of oxazole rings is 1. The lowest BCUT2D eigenvalue weighted by molar-refractivity contribution is -0.0375. The van der Waals surface area contributed by atoms with Crippen molar-refractivity contribution in [1.82, 2.24) is 10.3 Å². The number of aromatic amines is 1. The summed E-state index contributed by atoms with van der Waals surface area (Å²) in [6.07, 6.45) is 1.21. The minimum absolute atomic E-state index is 0.105. The second kappa shape index (κ2) is 3.91. The summed E-state index contributed by atoms with van der Waals surface area (Å²) in [5, 5.41) is 2.80. The van der Waals surface area contributed by atoms with Gasteiger partial charge in [0.25, 0.3) is 5.92 Å². The fourth-order valence-corrected chi connectivity index (χ4v) is 2.35. The van der Waals surface area contributed by atoms with Crippen molar-refractivity contribution in [3.8, 4) is 0 Å². The van der Waals surface area contributed by atoms with E-state index in [1.807, 2.05) is 0 Å². The van der Waals surface area contributed by atoms with E-state index < -0.39 is 17.7 Å². The highest BCUT2D eigenvalue weighted by molar-refractivity contribution is 5.73. The van der Waals surface area contributed by atoms with E-state index in [2.05, 4.69) is 10.3 Å². The zero-order valence-corrected chi connectivity index (χ0v) is 9.50. The predicted octanol–water partition coefficient (Wildman–Crippen LogP) is 1.96. The molecule has 0 bridgehead atoms. The number of hydrogen-bond donors (Lipinski definition) is 2. The summed E-state index contributed by atoms with van der Waals surface area (Å²) in [6.45, 7) is 0.616. The Hall–Kier alpha value is -1.69. The number of nitrogens with one attached hydrogen (secondary N) is 2. The number of halogens is 2. The Balaban J connectivity index is 2.04. The first-order valence-electron chi connectivity index (χ1n) is 5.82. The van der Waals surface area contributed by atoms with E-state index in [4.69, 9.17) is 4.42 Å². The van der Waals surface area contributed by atoms with E-state index in [0.29, 0.717) is 24.1 Å². The van der Waals surface area contributed by atoms with Crippen LogP contribution in [0.1, 0.15) is 18.4 Å². The van der Waals surface area contributed by atoms with Gasteiger partial charge in [-0.2, -0.15) is 8.78 Å². The van der Waals surface area contributed by atoms with Crippen LogP contribution in [0.15, 0.2) is 27.4 Å². The summed E-state index contributed by atoms with van der Waals surface area (Å²) in [6, 6.07) is 3.14. The second-order valence-corrected chi connectivity index (χ2v) is 4.50. The summed E-state index contributed by atoms with van der Waals surface area (Å²) < 4.78 is 33.2. The number of hydrogen-bond acceptors (Lipinski definition) is 3. The van der Waals surface area contributed by atoms with Crippen molar-refractivity contribution in [2.75, 3.05) is 6.54 Å². The molecular weight excluding hydrogens is 242 g/mol. The van der Waals surface area contributed by atoms with Crippen molar-refractivity contribution in [1.29, 1.82) is 0 Å². The molecule has 0 saturated carbocycles. The van der Waals surface area contributed by atoms with Crippen molar-refractivity contribution < 1.29 is 13.2 Å². The van der Waals surface area contributed by atoms with E-state index >= 15 is 0 Å². The first-order valence-corrected chi connectivity index (χ1v) is 5.82. The molecule has 1 aromatic carbocycles. The molecule has 0 amide bonds. The second-order valence-electron chi connectivity index (χ2n) is 4.50. The molecule has 3 rings (SSSR count). The molecule has 96 valence electrons. The Morgan fingerprint density at radius 1 is 1.39 bits per heavy atom. The molecule has 0 aliphatic carbocycles. The van der Waals surface area contributed by atoms with Gasteiger partial charge < -0.3 is 9.73 Å². The van der Waals surface area contributed by atoms with Gasteiger partial charge in [0.1, 0.15) is 0 Å². The molecule has 1 aromatic heterocycles. The van der Waals surface area contributed by atoms with E-state index in [1.165, 1.54) is 18.2 Å². The number of rotatable bonds is 2. The zero-order valence-electron chi connectivity index (χ0n) is 9.50. The monoisotopic (exact) mass is 254 g/mol. The van der Waals surface area contributed by atoms with Crippen molar-refractivity contribution in [2.45, 2.75) is 24.8 Å². The quantitative estimate of drug-likeness (QED) is 0.861. The Morgan fingerprint density at radius 2 is 2.22 bits per heavy atom. The molecule has 2 aromatic rings. The van der Waals surface area contributed by atoms with Crippen molar-refractivity contribution in [3.05, 3.63) is 34.3 Å². The van der Waals surface area contributed by atoms with Crippen molar-refractivity contribution in [3.63, 3.8) is 0 Å². The van der Waals surface area contributed by atoms with Gasteiger partial charge in [-0.1, -0.05) is 0 Å². The molecule has 1 atom stereocenters. The van der Waals surface area contributed by atoms with Gasteiger partial charge in [-0.25, -0.2) is 4.79 Å². The number of aromatic nitrogens is 1. The first kappa shape index (κ1) is 11.4. The Labute approximate surface area is 101 Å². The maximum absolute atomic E-state index is 14.2. The van der Waals surface area contributed by atoms with Gasteiger partial charge in [-0.3, -0.25) is 4.98 Å². The average Bonchev–Trinajstić information content (AvgIpc) is 2.95. The van der Waals surface area contributed by atoms with Crippen molar-refractivity contribution in [2.24, 2.45) is 0 Å². The fourth-order valence-electron chi connectivity index (χ4n) is 2.35. The maximum atomic E-state index is 14.2. The first-order chi connectivity index (χ1) is 8.57. The largest absolute Gasteiger partial charge is 0.417 e. The van der Waals surface area contributed by atoms with Crippen LogP contribution in [0.4, 0.5) is 8.78 Å². The lowest BCUT2D eigenvalue weighted by Crippen LogP contribution is -2.38. The summed E-state index contributed by atoms with van der Waals surface area (Å²) in [7, 11) is 0. The molecular formula is C12H12F2N2O2. The highest BCUT2D eigenvalue weighted by atomic mass is 19.3. The van der Waals surface area contributed by atoms with Crippen LogP contribution in [0.2, 0.25) is 0 Å². The highest BCUT2D eigenvalue weighted by Gasteiger charge is 2.42. The van der Waals surface area contributed by atoms with Gasteiger partial charge in [0, 0.05) is 5.56 Å². The molecule has 1 saturated heterocycles. The van der Waals surface area contributed by atoms with Gasteiger partial charge in [0.05, 0.1) is 11.6 Å². The van der Waals surface area contributed by atoms with Crippen LogP contribution >= 0.6 is 0 Å². The van der Waals surface area contributed by atoms with Crippen LogP contribution in [-0.2, 0) is 5.92 Å². The minimum atomic E-state index is -2.95. The van der Waals surface area contributed by atoms with Crippen LogP contribution < -0.4 is 11.1 Å². The molecule has 2 N–H and O–H groups in total. The molecule has 1 unspecified atom stereocenters. The number of alkyl halides is 2. The van der Waals surface area contributed by atoms with E-state index in [1.54, 1.807) is 0 Å². The van der Waals surface area contributed by atoms with Gasteiger partial charge in [0.15, 0.2) is 5.58 Å². The molecule has 4 nitrogen and oxygen atoms in total. The highest BCUT2D eigenvalue weighted by Crippen LogP contribution is 2.36. The van der Waals surface area contributed by atoms with Gasteiger partial charge >= 0.3 is 5.76 Å². The van der Waals surface area contributed by atoms with E-state index in [0.717, 1.165) is 6.42 Å². The zero-order chi connectivity index (χ0) is 12.8. The molecule has 2 heterocycles. The van der Waals surface area contributed by atoms with Crippen molar-refractivity contribution >= 4 is 11.1 Å². The topological polar surface area (TPSA) is 58.0 Å². The standard InChI is InChI=1S/C12H12F2N2O2/c13-12(14,10-2-1-5-15-10)7-3-4-9-8(6-7)16-11(17)18-9/h3-4,6,10,15H,1-2,5H2,(H,16,17). The summed E-state index contributed by atoms with van der Waals surface area (Å²) in [4.78, 5) is 13.4. The summed E-state index contributed by atoms with van der Waals surface area (Å²) in [5.74, 6) is -3.58. The Morgan fingerprint density at radius 3 is 2.94 bits per heavy atom. The van der Waals surface area contributed by atoms with E-state index in [9.17, 15) is 13.6 Å². The van der Waals surface area contributed by atoms with Gasteiger partial charge in [-0.15, -0.1) is 0 Å².